The van der Waals surface area contributed by atoms with E-state index in [4.69, 9.17) is 4.74 Å². The number of carbonyl (C=O) groups is 1. The number of nitro groups is 1. The largest absolute Gasteiger partial charge is 0.465 e. The zero-order chi connectivity index (χ0) is 17.0. The topological polar surface area (TPSA) is 91.6 Å². The Balaban J connectivity index is 2.39. The summed E-state index contributed by atoms with van der Waals surface area (Å²) in [5.41, 5.74) is 1.07. The van der Waals surface area contributed by atoms with Gasteiger partial charge >= 0.3 is 5.97 Å². The first-order valence-electron chi connectivity index (χ1n) is 6.60. The van der Waals surface area contributed by atoms with Gasteiger partial charge in [0.15, 0.2) is 0 Å². The maximum atomic E-state index is 11.7. The number of aromatic nitrogens is 1. The lowest BCUT2D eigenvalue weighted by Gasteiger charge is -2.09. The molecule has 0 bridgehead atoms. The zero-order valence-electron chi connectivity index (χ0n) is 12.6. The van der Waals surface area contributed by atoms with Crippen LogP contribution >= 0.6 is 0 Å². The normalized spacial score (nSPS) is 10.0. The minimum atomic E-state index is -0.811. The summed E-state index contributed by atoms with van der Waals surface area (Å²) in [6.45, 7) is 5.46. The van der Waals surface area contributed by atoms with Crippen LogP contribution in [0.15, 0.2) is 37.0 Å². The number of esters is 1. The van der Waals surface area contributed by atoms with Crippen LogP contribution < -0.4 is 4.74 Å². The lowest BCUT2D eigenvalue weighted by molar-refractivity contribution is -0.385. The van der Waals surface area contributed by atoms with Crippen molar-refractivity contribution in [3.8, 4) is 11.6 Å². The first kappa shape index (κ1) is 16.2. The fourth-order valence-corrected chi connectivity index (χ4v) is 1.93. The van der Waals surface area contributed by atoms with Crippen molar-refractivity contribution in [2.75, 3.05) is 7.11 Å². The number of hydrogen-bond acceptors (Lipinski definition) is 6. The van der Waals surface area contributed by atoms with Gasteiger partial charge in [0.05, 0.1) is 12.0 Å². The molecule has 7 nitrogen and oxygen atoms in total. The molecule has 0 aliphatic rings. The molecule has 0 amide bonds. The number of ether oxygens (including phenoxy) is 2. The van der Waals surface area contributed by atoms with Crippen LogP contribution in [0.25, 0.3) is 6.08 Å². The Morgan fingerprint density at radius 1 is 1.39 bits per heavy atom. The van der Waals surface area contributed by atoms with Crippen molar-refractivity contribution in [2.45, 2.75) is 6.92 Å². The molecule has 0 aliphatic heterocycles. The van der Waals surface area contributed by atoms with Crippen LogP contribution in [0.3, 0.4) is 0 Å². The van der Waals surface area contributed by atoms with Gasteiger partial charge in [-0.1, -0.05) is 12.7 Å². The summed E-state index contributed by atoms with van der Waals surface area (Å²) in [5, 5.41) is 11.0. The Morgan fingerprint density at radius 2 is 2.13 bits per heavy atom. The van der Waals surface area contributed by atoms with E-state index in [-0.39, 0.29) is 17.0 Å². The van der Waals surface area contributed by atoms with Gasteiger partial charge in [0.1, 0.15) is 11.3 Å². The van der Waals surface area contributed by atoms with Crippen molar-refractivity contribution in [2.24, 2.45) is 0 Å². The molecule has 0 saturated carbocycles. The summed E-state index contributed by atoms with van der Waals surface area (Å²) >= 11 is 0. The van der Waals surface area contributed by atoms with E-state index in [1.54, 1.807) is 12.3 Å². The quantitative estimate of drug-likeness (QED) is 0.476. The average molecular weight is 314 g/mol. The molecule has 1 heterocycles. The second-order valence-corrected chi connectivity index (χ2v) is 4.62. The highest BCUT2D eigenvalue weighted by Crippen LogP contribution is 2.29. The highest BCUT2D eigenvalue weighted by molar-refractivity contribution is 5.94. The first-order chi connectivity index (χ1) is 11.0. The number of hydrogen-bond donors (Lipinski definition) is 0. The third kappa shape index (κ3) is 3.52. The average Bonchev–Trinajstić information content (AvgIpc) is 2.55. The van der Waals surface area contributed by atoms with Gasteiger partial charge in [-0.05, 0) is 24.6 Å². The summed E-state index contributed by atoms with van der Waals surface area (Å²) < 4.78 is 10.2. The Kier molecular flexibility index (Phi) is 4.70. The van der Waals surface area contributed by atoms with E-state index >= 15 is 0 Å². The summed E-state index contributed by atoms with van der Waals surface area (Å²) in [6, 6.07) is 5.68. The van der Waals surface area contributed by atoms with E-state index in [0.29, 0.717) is 5.88 Å². The SMILES string of the molecule is C=Cc1cnc(Oc2ccc([N+](=O)[O-])c(C(=O)OC)c2)c(C)c1. The van der Waals surface area contributed by atoms with Crippen molar-refractivity contribution in [3.05, 3.63) is 63.8 Å². The molecule has 0 saturated heterocycles. The summed E-state index contributed by atoms with van der Waals surface area (Å²) in [7, 11) is 1.15. The number of nitro benzene ring substituents is 1. The minimum Gasteiger partial charge on any atom is -0.465 e. The van der Waals surface area contributed by atoms with Gasteiger partial charge in [-0.3, -0.25) is 10.1 Å². The molecular weight excluding hydrogens is 300 g/mol. The van der Waals surface area contributed by atoms with E-state index in [1.807, 2.05) is 13.0 Å². The number of carbonyl (C=O) groups excluding carboxylic acids is 1. The van der Waals surface area contributed by atoms with Gasteiger partial charge in [0.2, 0.25) is 5.88 Å². The predicted molar refractivity (Wildman–Crippen MR) is 83.6 cm³/mol. The van der Waals surface area contributed by atoms with Crippen molar-refractivity contribution in [1.82, 2.24) is 4.98 Å². The summed E-state index contributed by atoms with van der Waals surface area (Å²) in [6.07, 6.45) is 3.24. The molecule has 23 heavy (non-hydrogen) atoms. The number of rotatable bonds is 5. The number of methoxy groups -OCH3 is 1. The molecule has 0 aliphatic carbocycles. The van der Waals surface area contributed by atoms with Crippen LogP contribution in [0.5, 0.6) is 11.6 Å². The Labute approximate surface area is 132 Å². The first-order valence-corrected chi connectivity index (χ1v) is 6.60. The molecule has 0 unspecified atom stereocenters. The standard InChI is InChI=1S/C16H14N2O5/c1-4-11-7-10(2)15(17-9-11)23-12-5-6-14(18(20)21)13(8-12)16(19)22-3/h4-9H,1H2,2-3H3. The smallest absolute Gasteiger partial charge is 0.345 e. The predicted octanol–water partition coefficient (Wildman–Crippen LogP) is 3.52. The molecule has 0 fully saturated rings. The molecule has 1 aromatic carbocycles. The highest BCUT2D eigenvalue weighted by Gasteiger charge is 2.22. The fraction of sp³-hybridized carbons (Fsp3) is 0.125. The van der Waals surface area contributed by atoms with E-state index in [0.717, 1.165) is 18.2 Å². The Morgan fingerprint density at radius 3 is 2.70 bits per heavy atom. The van der Waals surface area contributed by atoms with Crippen molar-refractivity contribution >= 4 is 17.7 Å². The molecule has 0 N–H and O–H groups in total. The molecule has 1 aromatic heterocycles. The zero-order valence-corrected chi connectivity index (χ0v) is 12.6. The monoisotopic (exact) mass is 314 g/mol. The number of aryl methyl sites for hydroxylation is 1. The fourth-order valence-electron chi connectivity index (χ4n) is 1.93. The van der Waals surface area contributed by atoms with Crippen LogP contribution in [-0.2, 0) is 4.74 Å². The van der Waals surface area contributed by atoms with Crippen molar-refractivity contribution in [3.63, 3.8) is 0 Å². The summed E-state index contributed by atoms with van der Waals surface area (Å²) in [4.78, 5) is 26.2. The minimum absolute atomic E-state index is 0.185. The van der Waals surface area contributed by atoms with Gasteiger partial charge in [-0.2, -0.15) is 0 Å². The molecule has 2 aromatic rings. The summed E-state index contributed by atoms with van der Waals surface area (Å²) in [5.74, 6) is -0.230. The van der Waals surface area contributed by atoms with Crippen molar-refractivity contribution < 1.29 is 19.2 Å². The molecule has 118 valence electrons. The van der Waals surface area contributed by atoms with Crippen LogP contribution in [0.2, 0.25) is 0 Å². The van der Waals surface area contributed by atoms with E-state index in [2.05, 4.69) is 16.3 Å². The maximum Gasteiger partial charge on any atom is 0.345 e. The second-order valence-electron chi connectivity index (χ2n) is 4.62. The van der Waals surface area contributed by atoms with Gasteiger partial charge in [-0.15, -0.1) is 0 Å². The highest BCUT2D eigenvalue weighted by atomic mass is 16.6. The van der Waals surface area contributed by atoms with E-state index in [1.165, 1.54) is 18.2 Å². The van der Waals surface area contributed by atoms with Gasteiger partial charge in [0, 0.05) is 23.9 Å². The molecule has 7 heteroatoms. The molecule has 0 atom stereocenters. The number of pyridine rings is 1. The molecular formula is C16H14N2O5. The lowest BCUT2D eigenvalue weighted by atomic mass is 10.1. The van der Waals surface area contributed by atoms with Crippen LogP contribution in [0, 0.1) is 17.0 Å². The Bertz CT molecular complexity index is 786. The van der Waals surface area contributed by atoms with Gasteiger partial charge < -0.3 is 9.47 Å². The number of nitrogens with zero attached hydrogens (tertiary/aromatic N) is 2. The maximum absolute atomic E-state index is 11.7. The Hall–Kier alpha value is -3.22. The number of benzene rings is 1. The van der Waals surface area contributed by atoms with Gasteiger partial charge in [-0.25, -0.2) is 9.78 Å². The third-order valence-corrected chi connectivity index (χ3v) is 3.07. The molecule has 0 radical (unpaired) electrons. The molecule has 0 spiro atoms. The van der Waals surface area contributed by atoms with Crippen molar-refractivity contribution in [1.29, 1.82) is 0 Å². The van der Waals surface area contributed by atoms with Crippen LogP contribution in [0.1, 0.15) is 21.5 Å². The lowest BCUT2D eigenvalue weighted by Crippen LogP contribution is -2.06. The van der Waals surface area contributed by atoms with Crippen LogP contribution in [-0.4, -0.2) is 23.0 Å². The van der Waals surface area contributed by atoms with E-state index in [9.17, 15) is 14.9 Å². The van der Waals surface area contributed by atoms with E-state index < -0.39 is 10.9 Å². The third-order valence-electron chi connectivity index (χ3n) is 3.07. The van der Waals surface area contributed by atoms with Gasteiger partial charge in [0.25, 0.3) is 5.69 Å². The van der Waals surface area contributed by atoms with Crippen LogP contribution in [0.4, 0.5) is 5.69 Å². The molecule has 2 rings (SSSR count). The second kappa shape index (κ2) is 6.69.